The van der Waals surface area contributed by atoms with Crippen molar-refractivity contribution in [3.63, 3.8) is 0 Å². The lowest BCUT2D eigenvalue weighted by Crippen LogP contribution is -2.27. The Labute approximate surface area is 102 Å². The van der Waals surface area contributed by atoms with Crippen LogP contribution in [0.3, 0.4) is 0 Å². The van der Waals surface area contributed by atoms with Gasteiger partial charge in [0.25, 0.3) is 11.5 Å². The topological polar surface area (TPSA) is 106 Å². The van der Waals surface area contributed by atoms with E-state index < -0.39 is 0 Å². The Kier molecular flexibility index (Phi) is 3.79. The summed E-state index contributed by atoms with van der Waals surface area (Å²) < 4.78 is 1.68. The maximum Gasteiger partial charge on any atom is 0.271 e. The molecule has 0 aliphatic rings. The summed E-state index contributed by atoms with van der Waals surface area (Å²) in [4.78, 5) is 22.4. The predicted octanol–water partition coefficient (Wildman–Crippen LogP) is -0.819. The minimum Gasteiger partial charge on any atom is -0.351 e. The van der Waals surface area contributed by atoms with Gasteiger partial charge in [-0.25, -0.2) is 5.10 Å². The number of nitrogens with zero attached hydrogens (tertiary/aromatic N) is 4. The molecule has 8 nitrogen and oxygen atoms in total. The van der Waals surface area contributed by atoms with Crippen LogP contribution in [0.5, 0.6) is 0 Å². The van der Waals surface area contributed by atoms with E-state index in [0.717, 1.165) is 6.42 Å². The number of aromatic amines is 1. The summed E-state index contributed by atoms with van der Waals surface area (Å²) >= 11 is 0. The molecule has 2 heterocycles. The Balaban J connectivity index is 1.75. The molecule has 0 radical (unpaired) electrons. The number of hydrogen-bond donors (Lipinski definition) is 2. The van der Waals surface area contributed by atoms with Gasteiger partial charge < -0.3 is 5.32 Å². The summed E-state index contributed by atoms with van der Waals surface area (Å²) in [5, 5.41) is 16.0. The second-order valence-electron chi connectivity index (χ2n) is 3.58. The van der Waals surface area contributed by atoms with Gasteiger partial charge in [0.05, 0.1) is 6.20 Å². The van der Waals surface area contributed by atoms with E-state index in [4.69, 9.17) is 0 Å². The smallest absolute Gasteiger partial charge is 0.271 e. The Morgan fingerprint density at radius 1 is 1.44 bits per heavy atom. The third-order valence-electron chi connectivity index (χ3n) is 2.23. The number of hydrogen-bond acceptors (Lipinski definition) is 5. The van der Waals surface area contributed by atoms with Gasteiger partial charge in [-0.05, 0) is 12.5 Å². The van der Waals surface area contributed by atoms with Crippen LogP contribution in [0.4, 0.5) is 0 Å². The number of carbonyl (C=O) groups excluding carboxylic acids is 1. The lowest BCUT2D eigenvalue weighted by Gasteiger charge is -2.03. The number of H-pyrrole nitrogens is 1. The molecule has 2 aromatic heterocycles. The highest BCUT2D eigenvalue weighted by Crippen LogP contribution is 1.90. The summed E-state index contributed by atoms with van der Waals surface area (Å²) in [7, 11) is 0. The van der Waals surface area contributed by atoms with Crippen LogP contribution >= 0.6 is 0 Å². The SMILES string of the molecule is O=C(NCCCn1ccnn1)c1ccc(=O)[nH]n1. The van der Waals surface area contributed by atoms with Crippen LogP contribution in [-0.2, 0) is 6.54 Å². The van der Waals surface area contributed by atoms with Gasteiger partial charge in [0.2, 0.25) is 0 Å². The van der Waals surface area contributed by atoms with E-state index in [2.05, 4.69) is 25.8 Å². The molecule has 8 heteroatoms. The molecule has 0 atom stereocenters. The fraction of sp³-hybridized carbons (Fsp3) is 0.300. The summed E-state index contributed by atoms with van der Waals surface area (Å²) in [5.41, 5.74) is -0.145. The van der Waals surface area contributed by atoms with Gasteiger partial charge in [0, 0.05) is 25.4 Å². The van der Waals surface area contributed by atoms with Gasteiger partial charge >= 0.3 is 0 Å². The molecule has 18 heavy (non-hydrogen) atoms. The van der Waals surface area contributed by atoms with E-state index in [1.54, 1.807) is 17.1 Å². The van der Waals surface area contributed by atoms with Crippen molar-refractivity contribution in [3.05, 3.63) is 40.6 Å². The van der Waals surface area contributed by atoms with Gasteiger partial charge in [0.1, 0.15) is 5.69 Å². The Hall–Kier alpha value is -2.51. The standard InChI is InChI=1S/C10H12N6O2/c17-9-3-2-8(13-14-9)10(18)11-4-1-6-16-7-5-12-15-16/h2-3,5,7H,1,4,6H2,(H,11,18)(H,14,17). The first-order valence-electron chi connectivity index (χ1n) is 5.44. The third kappa shape index (κ3) is 3.24. The van der Waals surface area contributed by atoms with Crippen molar-refractivity contribution in [2.24, 2.45) is 0 Å². The fourth-order valence-corrected chi connectivity index (χ4v) is 1.36. The zero-order valence-electron chi connectivity index (χ0n) is 9.54. The van der Waals surface area contributed by atoms with Crippen LogP contribution in [0.2, 0.25) is 0 Å². The van der Waals surface area contributed by atoms with E-state index in [-0.39, 0.29) is 17.2 Å². The van der Waals surface area contributed by atoms with E-state index >= 15 is 0 Å². The second-order valence-corrected chi connectivity index (χ2v) is 3.58. The van der Waals surface area contributed by atoms with Gasteiger partial charge in [-0.1, -0.05) is 5.21 Å². The van der Waals surface area contributed by atoms with E-state index in [9.17, 15) is 9.59 Å². The van der Waals surface area contributed by atoms with Crippen molar-refractivity contribution < 1.29 is 4.79 Å². The second kappa shape index (κ2) is 5.71. The van der Waals surface area contributed by atoms with Crippen molar-refractivity contribution in [1.29, 1.82) is 0 Å². The molecule has 0 aromatic carbocycles. The zero-order valence-corrected chi connectivity index (χ0v) is 9.54. The molecule has 0 aliphatic carbocycles. The molecule has 0 unspecified atom stereocenters. The van der Waals surface area contributed by atoms with Crippen molar-refractivity contribution in [2.75, 3.05) is 6.54 Å². The summed E-state index contributed by atoms with van der Waals surface area (Å²) in [5.74, 6) is -0.315. The maximum atomic E-state index is 11.6. The highest BCUT2D eigenvalue weighted by Gasteiger charge is 2.05. The summed E-state index contributed by atoms with van der Waals surface area (Å²) in [6.07, 6.45) is 4.09. The number of nitrogens with one attached hydrogen (secondary N) is 2. The first-order valence-corrected chi connectivity index (χ1v) is 5.44. The molecular weight excluding hydrogens is 236 g/mol. The first-order chi connectivity index (χ1) is 8.75. The molecule has 94 valence electrons. The molecule has 0 aliphatic heterocycles. The lowest BCUT2D eigenvalue weighted by atomic mass is 10.3. The molecule has 1 amide bonds. The van der Waals surface area contributed by atoms with Gasteiger partial charge in [-0.2, -0.15) is 5.10 Å². The number of rotatable bonds is 5. The Morgan fingerprint density at radius 2 is 2.33 bits per heavy atom. The number of amides is 1. The van der Waals surface area contributed by atoms with E-state index in [1.165, 1.54) is 12.1 Å². The largest absolute Gasteiger partial charge is 0.351 e. The maximum absolute atomic E-state index is 11.6. The number of aryl methyl sites for hydroxylation is 1. The number of aromatic nitrogens is 5. The molecular formula is C10H12N6O2. The molecule has 2 rings (SSSR count). The molecule has 2 N–H and O–H groups in total. The molecule has 0 bridgehead atoms. The predicted molar refractivity (Wildman–Crippen MR) is 61.8 cm³/mol. The Bertz CT molecular complexity index is 542. The van der Waals surface area contributed by atoms with Gasteiger partial charge in [-0.3, -0.25) is 14.3 Å². The van der Waals surface area contributed by atoms with Crippen LogP contribution in [0, 0.1) is 0 Å². The third-order valence-corrected chi connectivity index (χ3v) is 2.23. The highest BCUT2D eigenvalue weighted by atomic mass is 16.2. The first kappa shape index (κ1) is 12.0. The quantitative estimate of drug-likeness (QED) is 0.672. The number of carbonyl (C=O) groups is 1. The monoisotopic (exact) mass is 248 g/mol. The fourth-order valence-electron chi connectivity index (χ4n) is 1.36. The Morgan fingerprint density at radius 3 is 3.00 bits per heavy atom. The van der Waals surface area contributed by atoms with Crippen molar-refractivity contribution in [3.8, 4) is 0 Å². The molecule has 0 spiro atoms. The van der Waals surface area contributed by atoms with Crippen molar-refractivity contribution in [1.82, 2.24) is 30.5 Å². The minimum absolute atomic E-state index is 0.190. The molecule has 0 fully saturated rings. The van der Waals surface area contributed by atoms with E-state index in [0.29, 0.717) is 13.1 Å². The van der Waals surface area contributed by atoms with Gasteiger partial charge in [-0.15, -0.1) is 5.10 Å². The van der Waals surface area contributed by atoms with Crippen molar-refractivity contribution in [2.45, 2.75) is 13.0 Å². The summed E-state index contributed by atoms with van der Waals surface area (Å²) in [6.45, 7) is 1.18. The minimum atomic E-state index is -0.335. The summed E-state index contributed by atoms with van der Waals surface area (Å²) in [6, 6.07) is 2.64. The van der Waals surface area contributed by atoms with Crippen LogP contribution in [0.1, 0.15) is 16.9 Å². The van der Waals surface area contributed by atoms with Crippen LogP contribution in [0.15, 0.2) is 29.3 Å². The van der Waals surface area contributed by atoms with Crippen LogP contribution in [-0.4, -0.2) is 37.6 Å². The normalized spacial score (nSPS) is 10.2. The average Bonchev–Trinajstić information content (AvgIpc) is 2.88. The van der Waals surface area contributed by atoms with Crippen LogP contribution < -0.4 is 10.9 Å². The van der Waals surface area contributed by atoms with Gasteiger partial charge in [0.15, 0.2) is 0 Å². The van der Waals surface area contributed by atoms with E-state index in [1.807, 2.05) is 0 Å². The van der Waals surface area contributed by atoms with Crippen LogP contribution in [0.25, 0.3) is 0 Å². The highest BCUT2D eigenvalue weighted by molar-refractivity contribution is 5.91. The molecule has 2 aromatic rings. The molecule has 0 saturated heterocycles. The lowest BCUT2D eigenvalue weighted by molar-refractivity contribution is 0.0946. The molecule has 0 saturated carbocycles. The average molecular weight is 248 g/mol. The zero-order chi connectivity index (χ0) is 12.8. The van der Waals surface area contributed by atoms with Crippen molar-refractivity contribution >= 4 is 5.91 Å².